The lowest BCUT2D eigenvalue weighted by Crippen LogP contribution is -2.06. The van der Waals surface area contributed by atoms with E-state index in [2.05, 4.69) is 11.6 Å². The van der Waals surface area contributed by atoms with Crippen LogP contribution in [0.2, 0.25) is 0 Å². The van der Waals surface area contributed by atoms with E-state index in [-0.39, 0.29) is 0 Å². The molecule has 1 aromatic rings. The van der Waals surface area contributed by atoms with E-state index in [0.717, 1.165) is 29.7 Å². The number of ether oxygens (including phenoxy) is 1. The highest BCUT2D eigenvalue weighted by Crippen LogP contribution is 2.27. The fraction of sp³-hybridized carbons (Fsp3) is 0.500. The van der Waals surface area contributed by atoms with Crippen LogP contribution in [0.5, 0.6) is 5.75 Å². The average Bonchev–Trinajstić information content (AvgIpc) is 2.28. The van der Waals surface area contributed by atoms with Gasteiger partial charge in [-0.25, -0.2) is 0 Å². The zero-order valence-electron chi connectivity index (χ0n) is 10.4. The second-order valence-corrected chi connectivity index (χ2v) is 4.57. The highest BCUT2D eigenvalue weighted by atomic mass is 32.2. The summed E-state index contributed by atoms with van der Waals surface area (Å²) < 4.78 is 29.2. The van der Waals surface area contributed by atoms with Crippen molar-refractivity contribution < 1.29 is 13.5 Å². The Morgan fingerprint density at radius 3 is 2.65 bits per heavy atom. The molecule has 4 nitrogen and oxygen atoms in total. The number of rotatable bonds is 6. The van der Waals surface area contributed by atoms with Gasteiger partial charge in [-0.2, -0.15) is 0 Å². The minimum Gasteiger partial charge on any atom is -0.755 e. The number of nitrogens with one attached hydrogen (secondary N) is 1. The Kier molecular flexibility index (Phi) is 5.44. The highest BCUT2D eigenvalue weighted by Gasteiger charge is 2.07. The summed E-state index contributed by atoms with van der Waals surface area (Å²) in [5.41, 5.74) is 2.46. The molecule has 0 amide bonds. The molecule has 1 N–H and O–H groups in total. The first-order valence-corrected chi connectivity index (χ1v) is 6.72. The van der Waals surface area contributed by atoms with E-state index in [1.807, 2.05) is 13.8 Å². The zero-order valence-corrected chi connectivity index (χ0v) is 11.2. The van der Waals surface area contributed by atoms with E-state index in [1.165, 1.54) is 0 Å². The molecule has 1 unspecified atom stereocenters. The maximum Gasteiger partial charge on any atom is 0.122 e. The molecule has 17 heavy (non-hydrogen) atoms. The molecule has 0 aromatic heterocycles. The third kappa shape index (κ3) is 4.02. The minimum absolute atomic E-state index is 0.596. The molecule has 0 saturated carbocycles. The lowest BCUT2D eigenvalue weighted by atomic mass is 10.1. The third-order valence-electron chi connectivity index (χ3n) is 2.69. The Morgan fingerprint density at radius 2 is 2.06 bits per heavy atom. The molecule has 0 aliphatic rings. The van der Waals surface area contributed by atoms with Gasteiger partial charge in [-0.1, -0.05) is 13.3 Å². The normalized spacial score (nSPS) is 12.2. The molecule has 0 aliphatic carbocycles. The minimum atomic E-state index is -2.29. The summed E-state index contributed by atoms with van der Waals surface area (Å²) in [6, 6.07) is 3.52. The number of hydrogen-bond acceptors (Lipinski definition) is 3. The first kappa shape index (κ1) is 14.0. The number of benzene rings is 1. The van der Waals surface area contributed by atoms with Crippen LogP contribution in [-0.2, 0) is 11.3 Å². The smallest absolute Gasteiger partial charge is 0.122 e. The van der Waals surface area contributed by atoms with Crippen LogP contribution in [0.4, 0.5) is 5.69 Å². The summed E-state index contributed by atoms with van der Waals surface area (Å²) in [6.45, 7) is 6.60. The second-order valence-electron chi connectivity index (χ2n) is 3.90. The fourth-order valence-electron chi connectivity index (χ4n) is 1.48. The molecule has 0 aliphatic heterocycles. The van der Waals surface area contributed by atoms with Crippen LogP contribution >= 0.6 is 0 Å². The van der Waals surface area contributed by atoms with Crippen LogP contribution in [-0.4, -0.2) is 15.4 Å². The second kappa shape index (κ2) is 6.61. The molecule has 96 valence electrons. The van der Waals surface area contributed by atoms with Gasteiger partial charge in [0.15, 0.2) is 0 Å². The van der Waals surface area contributed by atoms with E-state index >= 15 is 0 Å². The Hall–Kier alpha value is -1.07. The summed E-state index contributed by atoms with van der Waals surface area (Å²) in [7, 11) is 0. The zero-order chi connectivity index (χ0) is 12.8. The van der Waals surface area contributed by atoms with Gasteiger partial charge >= 0.3 is 0 Å². The first-order chi connectivity index (χ1) is 8.06. The SMILES string of the molecule is CCCCOc1ccc(NS(=O)[O-])c(C)c1C. The van der Waals surface area contributed by atoms with Crippen LogP contribution in [0.15, 0.2) is 12.1 Å². The maximum atomic E-state index is 10.6. The molecular formula is C12H18NO3S-. The van der Waals surface area contributed by atoms with Crippen molar-refractivity contribution in [1.82, 2.24) is 0 Å². The quantitative estimate of drug-likeness (QED) is 0.628. The van der Waals surface area contributed by atoms with E-state index in [4.69, 9.17) is 4.74 Å². The summed E-state index contributed by atoms with van der Waals surface area (Å²) in [5.74, 6) is 0.818. The third-order valence-corrected chi connectivity index (χ3v) is 3.07. The van der Waals surface area contributed by atoms with Crippen LogP contribution in [0, 0.1) is 13.8 Å². The van der Waals surface area contributed by atoms with Gasteiger partial charge in [0, 0.05) is 17.0 Å². The Bertz CT molecular complexity index is 407. The standard InChI is InChI=1S/C12H19NO3S/c1-4-5-8-16-12-7-6-11(13-17(14)15)9(2)10(12)3/h6-7,13H,4-5,8H2,1-3H3,(H,14,15)/p-1. The van der Waals surface area contributed by atoms with Crippen LogP contribution in [0.25, 0.3) is 0 Å². The van der Waals surface area contributed by atoms with E-state index < -0.39 is 11.3 Å². The molecule has 0 saturated heterocycles. The van der Waals surface area contributed by atoms with Gasteiger partial charge in [0.05, 0.1) is 6.61 Å². The molecule has 1 aromatic carbocycles. The Balaban J connectivity index is 2.82. The maximum absolute atomic E-state index is 10.6. The first-order valence-electron chi connectivity index (χ1n) is 5.65. The van der Waals surface area contributed by atoms with Gasteiger partial charge in [0.1, 0.15) is 5.75 Å². The topological polar surface area (TPSA) is 61.4 Å². The van der Waals surface area contributed by atoms with Crippen LogP contribution in [0.3, 0.4) is 0 Å². The number of hydrogen-bond donors (Lipinski definition) is 1. The number of anilines is 1. The largest absolute Gasteiger partial charge is 0.755 e. The summed E-state index contributed by atoms with van der Waals surface area (Å²) in [4.78, 5) is 0. The van der Waals surface area contributed by atoms with E-state index in [9.17, 15) is 8.76 Å². The van der Waals surface area contributed by atoms with Crippen LogP contribution < -0.4 is 9.46 Å². The van der Waals surface area contributed by atoms with Crippen molar-refractivity contribution in [3.63, 3.8) is 0 Å². The molecule has 0 radical (unpaired) electrons. The van der Waals surface area contributed by atoms with Crippen molar-refractivity contribution in [2.24, 2.45) is 0 Å². The van der Waals surface area contributed by atoms with Gasteiger partial charge in [-0.3, -0.25) is 4.21 Å². The van der Waals surface area contributed by atoms with Gasteiger partial charge in [-0.05, 0) is 43.5 Å². The highest BCUT2D eigenvalue weighted by molar-refractivity contribution is 7.80. The molecule has 0 spiro atoms. The van der Waals surface area contributed by atoms with Crippen molar-refractivity contribution in [3.8, 4) is 5.75 Å². The predicted octanol–water partition coefficient (Wildman–Crippen LogP) is 2.69. The summed E-state index contributed by atoms with van der Waals surface area (Å²) >= 11 is -2.29. The predicted molar refractivity (Wildman–Crippen MR) is 68.9 cm³/mol. The lowest BCUT2D eigenvalue weighted by Gasteiger charge is -2.16. The average molecular weight is 256 g/mol. The van der Waals surface area contributed by atoms with Gasteiger partial charge in [-0.15, -0.1) is 0 Å². The monoisotopic (exact) mass is 256 g/mol. The fourth-order valence-corrected chi connectivity index (χ4v) is 1.88. The number of unbranched alkanes of at least 4 members (excludes halogenated alkanes) is 1. The molecule has 0 fully saturated rings. The molecule has 0 bridgehead atoms. The lowest BCUT2D eigenvalue weighted by molar-refractivity contribution is 0.307. The van der Waals surface area contributed by atoms with Crippen LogP contribution in [0.1, 0.15) is 30.9 Å². The van der Waals surface area contributed by atoms with E-state index in [0.29, 0.717) is 12.3 Å². The van der Waals surface area contributed by atoms with Gasteiger partial charge in [0.2, 0.25) is 0 Å². The van der Waals surface area contributed by atoms with E-state index in [1.54, 1.807) is 12.1 Å². The summed E-state index contributed by atoms with van der Waals surface area (Å²) in [5, 5.41) is 0. The molecule has 5 heteroatoms. The van der Waals surface area contributed by atoms with Crippen molar-refractivity contribution in [2.45, 2.75) is 33.6 Å². The molecule has 1 rings (SSSR count). The Morgan fingerprint density at radius 1 is 1.35 bits per heavy atom. The Labute approximate surface area is 105 Å². The van der Waals surface area contributed by atoms with Crippen molar-refractivity contribution in [1.29, 1.82) is 0 Å². The van der Waals surface area contributed by atoms with Gasteiger partial charge < -0.3 is 14.0 Å². The van der Waals surface area contributed by atoms with Crippen molar-refractivity contribution in [3.05, 3.63) is 23.3 Å². The molecule has 1 atom stereocenters. The molecular weight excluding hydrogens is 238 g/mol. The van der Waals surface area contributed by atoms with Crippen molar-refractivity contribution >= 4 is 17.0 Å². The van der Waals surface area contributed by atoms with Gasteiger partial charge in [0.25, 0.3) is 0 Å². The van der Waals surface area contributed by atoms with Crippen molar-refractivity contribution in [2.75, 3.05) is 11.3 Å². The molecule has 0 heterocycles. The summed E-state index contributed by atoms with van der Waals surface area (Å²) in [6.07, 6.45) is 2.11.